The van der Waals surface area contributed by atoms with Crippen LogP contribution in [0.4, 0.5) is 4.79 Å². The number of carbonyl (C=O) groups is 2. The van der Waals surface area contributed by atoms with Crippen molar-refractivity contribution in [1.82, 2.24) is 5.32 Å². The molecule has 1 atom stereocenters. The Labute approximate surface area is 70.9 Å². The van der Waals surface area contributed by atoms with Crippen LogP contribution >= 0.6 is 0 Å². The van der Waals surface area contributed by atoms with Crippen LogP contribution in [0.2, 0.25) is 0 Å². The standard InChI is InChI=1S/C7H14N2O3/c1-4(2)3-5(6(10)11)9-7(8)12/h4-5H,3H2,1-2H3,(H,10,11)(H3,8,9,12)/p-1/t5-/m0/s1. The molecule has 0 rings (SSSR count). The van der Waals surface area contributed by atoms with Crippen LogP contribution in [0.5, 0.6) is 0 Å². The summed E-state index contributed by atoms with van der Waals surface area (Å²) in [5.74, 6) is -1.14. The average molecular weight is 173 g/mol. The van der Waals surface area contributed by atoms with Crippen molar-refractivity contribution in [1.29, 1.82) is 0 Å². The Morgan fingerprint density at radius 3 is 2.25 bits per heavy atom. The van der Waals surface area contributed by atoms with Gasteiger partial charge in [0.1, 0.15) is 0 Å². The van der Waals surface area contributed by atoms with E-state index in [-0.39, 0.29) is 5.92 Å². The minimum absolute atomic E-state index is 0.166. The summed E-state index contributed by atoms with van der Waals surface area (Å²) in [4.78, 5) is 20.7. The minimum Gasteiger partial charge on any atom is -0.548 e. The maximum atomic E-state index is 10.4. The van der Waals surface area contributed by atoms with Gasteiger partial charge in [-0.2, -0.15) is 0 Å². The Bertz CT molecular complexity index is 179. The number of rotatable bonds is 4. The summed E-state index contributed by atoms with van der Waals surface area (Å²) in [6, 6.07) is -1.83. The van der Waals surface area contributed by atoms with Crippen molar-refractivity contribution in [2.75, 3.05) is 0 Å². The Hall–Kier alpha value is -1.26. The van der Waals surface area contributed by atoms with Crippen molar-refractivity contribution in [3.8, 4) is 0 Å². The first-order valence-corrected chi connectivity index (χ1v) is 3.70. The zero-order chi connectivity index (χ0) is 9.72. The summed E-state index contributed by atoms with van der Waals surface area (Å²) >= 11 is 0. The minimum atomic E-state index is -1.30. The first-order chi connectivity index (χ1) is 5.43. The Kier molecular flexibility index (Phi) is 4.10. The second-order valence-electron chi connectivity index (χ2n) is 3.01. The third-order valence-electron chi connectivity index (χ3n) is 1.31. The zero-order valence-electron chi connectivity index (χ0n) is 7.16. The first kappa shape index (κ1) is 10.7. The summed E-state index contributed by atoms with van der Waals surface area (Å²) in [7, 11) is 0. The molecule has 0 unspecified atom stereocenters. The topological polar surface area (TPSA) is 95.2 Å². The van der Waals surface area contributed by atoms with Crippen molar-refractivity contribution in [2.45, 2.75) is 26.3 Å². The lowest BCUT2D eigenvalue weighted by atomic mass is 10.0. The number of urea groups is 1. The van der Waals surface area contributed by atoms with Crippen LogP contribution in [0.1, 0.15) is 20.3 Å². The Balaban J connectivity index is 4.04. The molecule has 0 fully saturated rings. The number of hydrogen-bond acceptors (Lipinski definition) is 3. The van der Waals surface area contributed by atoms with Crippen LogP contribution in [-0.4, -0.2) is 18.0 Å². The fourth-order valence-corrected chi connectivity index (χ4v) is 0.857. The highest BCUT2D eigenvalue weighted by Gasteiger charge is 2.12. The number of aliphatic carboxylic acids is 1. The van der Waals surface area contributed by atoms with Crippen LogP contribution < -0.4 is 16.2 Å². The van der Waals surface area contributed by atoms with Crippen molar-refractivity contribution in [3.63, 3.8) is 0 Å². The number of amides is 2. The molecule has 12 heavy (non-hydrogen) atoms. The molecular weight excluding hydrogens is 160 g/mol. The SMILES string of the molecule is CC(C)C[C@H](NC(N)=O)C(=O)[O-]. The highest BCUT2D eigenvalue weighted by atomic mass is 16.4. The number of nitrogens with two attached hydrogens (primary N) is 1. The molecule has 0 aromatic carbocycles. The van der Waals surface area contributed by atoms with E-state index in [1.54, 1.807) is 0 Å². The maximum absolute atomic E-state index is 10.4. The van der Waals surface area contributed by atoms with Gasteiger partial charge >= 0.3 is 6.03 Å². The maximum Gasteiger partial charge on any atom is 0.312 e. The molecule has 3 N–H and O–H groups in total. The number of hydrogen-bond donors (Lipinski definition) is 2. The second-order valence-corrected chi connectivity index (χ2v) is 3.01. The summed E-state index contributed by atoms with van der Waals surface area (Å²) in [5.41, 5.74) is 4.77. The zero-order valence-corrected chi connectivity index (χ0v) is 7.16. The van der Waals surface area contributed by atoms with E-state index in [0.29, 0.717) is 6.42 Å². The van der Waals surface area contributed by atoms with Gasteiger partial charge in [0.15, 0.2) is 0 Å². The predicted octanol–water partition coefficient (Wildman–Crippen LogP) is -1.18. The average Bonchev–Trinajstić information content (AvgIpc) is 1.83. The molecule has 0 aliphatic carbocycles. The van der Waals surface area contributed by atoms with E-state index in [2.05, 4.69) is 5.32 Å². The van der Waals surface area contributed by atoms with Gasteiger partial charge in [0, 0.05) is 0 Å². The van der Waals surface area contributed by atoms with E-state index in [9.17, 15) is 14.7 Å². The number of nitrogens with one attached hydrogen (secondary N) is 1. The predicted molar refractivity (Wildman–Crippen MR) is 41.0 cm³/mol. The highest BCUT2D eigenvalue weighted by Crippen LogP contribution is 2.03. The monoisotopic (exact) mass is 173 g/mol. The van der Waals surface area contributed by atoms with E-state index < -0.39 is 18.0 Å². The molecule has 0 saturated carbocycles. The van der Waals surface area contributed by atoms with Crippen LogP contribution in [0.15, 0.2) is 0 Å². The van der Waals surface area contributed by atoms with Gasteiger partial charge in [-0.05, 0) is 12.3 Å². The van der Waals surface area contributed by atoms with Gasteiger partial charge in [0.05, 0.1) is 12.0 Å². The lowest BCUT2D eigenvalue weighted by molar-refractivity contribution is -0.308. The molecule has 70 valence electrons. The van der Waals surface area contributed by atoms with Gasteiger partial charge in [0.2, 0.25) is 0 Å². The molecule has 0 heterocycles. The molecule has 0 aromatic heterocycles. The van der Waals surface area contributed by atoms with E-state index in [4.69, 9.17) is 5.73 Å². The van der Waals surface area contributed by atoms with Crippen LogP contribution in [-0.2, 0) is 4.79 Å². The van der Waals surface area contributed by atoms with Gasteiger partial charge in [-0.15, -0.1) is 0 Å². The summed E-state index contributed by atoms with van der Waals surface area (Å²) in [6.07, 6.45) is 0.325. The fraction of sp³-hybridized carbons (Fsp3) is 0.714. The van der Waals surface area contributed by atoms with E-state index in [1.165, 1.54) is 0 Å². The molecular formula is C7H13N2O3-. The highest BCUT2D eigenvalue weighted by molar-refractivity contribution is 5.80. The lowest BCUT2D eigenvalue weighted by Crippen LogP contribution is -2.50. The van der Waals surface area contributed by atoms with E-state index in [0.717, 1.165) is 0 Å². The largest absolute Gasteiger partial charge is 0.548 e. The molecule has 2 amide bonds. The first-order valence-electron chi connectivity index (χ1n) is 3.70. The van der Waals surface area contributed by atoms with E-state index >= 15 is 0 Å². The van der Waals surface area contributed by atoms with Crippen molar-refractivity contribution in [2.24, 2.45) is 11.7 Å². The molecule has 0 aliphatic rings. The van der Waals surface area contributed by atoms with Crippen LogP contribution in [0.3, 0.4) is 0 Å². The molecule has 0 radical (unpaired) electrons. The van der Waals surface area contributed by atoms with Gasteiger partial charge in [-0.3, -0.25) is 0 Å². The summed E-state index contributed by atoms with van der Waals surface area (Å²) in [6.45, 7) is 3.69. The van der Waals surface area contributed by atoms with E-state index in [1.807, 2.05) is 13.8 Å². The molecule has 0 spiro atoms. The molecule has 0 saturated heterocycles. The molecule has 0 aliphatic heterocycles. The van der Waals surface area contributed by atoms with Gasteiger partial charge in [0.25, 0.3) is 0 Å². The number of carboxylic acids is 1. The summed E-state index contributed by atoms with van der Waals surface area (Å²) < 4.78 is 0. The normalized spacial score (nSPS) is 12.6. The molecule has 5 heteroatoms. The third-order valence-corrected chi connectivity index (χ3v) is 1.31. The number of primary amides is 1. The number of carbonyl (C=O) groups excluding carboxylic acids is 2. The van der Waals surface area contributed by atoms with Crippen molar-refractivity contribution in [3.05, 3.63) is 0 Å². The fourth-order valence-electron chi connectivity index (χ4n) is 0.857. The van der Waals surface area contributed by atoms with Crippen LogP contribution in [0, 0.1) is 5.92 Å². The quantitative estimate of drug-likeness (QED) is 0.560. The molecule has 0 bridgehead atoms. The van der Waals surface area contributed by atoms with Gasteiger partial charge in [-0.25, -0.2) is 4.79 Å². The van der Waals surface area contributed by atoms with Crippen molar-refractivity contribution < 1.29 is 14.7 Å². The smallest absolute Gasteiger partial charge is 0.312 e. The van der Waals surface area contributed by atoms with Gasteiger partial charge in [-0.1, -0.05) is 13.8 Å². The van der Waals surface area contributed by atoms with Crippen LogP contribution in [0.25, 0.3) is 0 Å². The Morgan fingerprint density at radius 1 is 1.50 bits per heavy atom. The lowest BCUT2D eigenvalue weighted by Gasteiger charge is -2.19. The number of carboxylic acid groups (broad SMARTS) is 1. The Morgan fingerprint density at radius 2 is 2.00 bits per heavy atom. The third kappa shape index (κ3) is 4.54. The molecule has 5 nitrogen and oxygen atoms in total. The summed E-state index contributed by atoms with van der Waals surface area (Å²) in [5, 5.41) is 12.5. The van der Waals surface area contributed by atoms with Gasteiger partial charge < -0.3 is 21.0 Å². The second kappa shape index (κ2) is 4.58. The molecule has 0 aromatic rings. The van der Waals surface area contributed by atoms with Crippen molar-refractivity contribution >= 4 is 12.0 Å².